The van der Waals surface area contributed by atoms with Crippen LogP contribution in [0.4, 0.5) is 0 Å². The highest BCUT2D eigenvalue weighted by Crippen LogP contribution is 2.22. The molecule has 0 aliphatic heterocycles. The molecule has 0 bridgehead atoms. The van der Waals surface area contributed by atoms with Crippen molar-refractivity contribution in [3.8, 4) is 11.5 Å². The minimum absolute atomic E-state index is 0.0221. The standard InChI is InChI=1S/C18H23ClN2O4.C2H6/c1-18(2,3)21-17(23)16(19)15(11-20-21)25-12-13-5-7-14(8-6-13)24-10-4-9-22;1-2/h5-8,11,22H,4,9-10,12H2,1-3H3;1-2H3. The highest BCUT2D eigenvalue weighted by Gasteiger charge is 2.19. The van der Waals surface area contributed by atoms with Crippen LogP contribution < -0.4 is 15.0 Å². The zero-order valence-corrected chi connectivity index (χ0v) is 17.4. The second-order valence-corrected chi connectivity index (χ2v) is 6.95. The number of benzene rings is 1. The monoisotopic (exact) mass is 396 g/mol. The molecule has 0 aliphatic carbocycles. The summed E-state index contributed by atoms with van der Waals surface area (Å²) in [4.78, 5) is 12.3. The van der Waals surface area contributed by atoms with Crippen molar-refractivity contribution in [3.63, 3.8) is 0 Å². The number of halogens is 1. The molecule has 0 saturated carbocycles. The molecule has 0 atom stereocenters. The molecule has 0 unspecified atom stereocenters. The lowest BCUT2D eigenvalue weighted by molar-refractivity contribution is 0.233. The molecule has 27 heavy (non-hydrogen) atoms. The van der Waals surface area contributed by atoms with Gasteiger partial charge in [-0.25, -0.2) is 4.68 Å². The van der Waals surface area contributed by atoms with Gasteiger partial charge in [-0.2, -0.15) is 5.10 Å². The van der Waals surface area contributed by atoms with Gasteiger partial charge in [0.25, 0.3) is 5.56 Å². The van der Waals surface area contributed by atoms with Crippen molar-refractivity contribution in [1.29, 1.82) is 0 Å². The second kappa shape index (κ2) is 10.9. The number of hydrogen-bond acceptors (Lipinski definition) is 5. The van der Waals surface area contributed by atoms with Gasteiger partial charge in [-0.3, -0.25) is 4.79 Å². The van der Waals surface area contributed by atoms with Crippen LogP contribution in [0.25, 0.3) is 0 Å². The smallest absolute Gasteiger partial charge is 0.289 e. The molecule has 0 spiro atoms. The Hall–Kier alpha value is -2.05. The SMILES string of the molecule is CC.CC(C)(C)n1ncc(OCc2ccc(OCCCO)cc2)c(Cl)c1=O. The van der Waals surface area contributed by atoms with Crippen molar-refractivity contribution < 1.29 is 14.6 Å². The number of aliphatic hydroxyl groups excluding tert-OH is 1. The van der Waals surface area contributed by atoms with Crippen LogP contribution in [-0.2, 0) is 12.1 Å². The van der Waals surface area contributed by atoms with E-state index in [0.29, 0.717) is 13.0 Å². The van der Waals surface area contributed by atoms with Crippen LogP contribution >= 0.6 is 11.6 Å². The lowest BCUT2D eigenvalue weighted by Gasteiger charge is -2.21. The number of nitrogens with zero attached hydrogens (tertiary/aromatic N) is 2. The number of aliphatic hydroxyl groups is 1. The normalized spacial score (nSPS) is 10.8. The Kier molecular flexibility index (Phi) is 9.32. The summed E-state index contributed by atoms with van der Waals surface area (Å²) in [6.07, 6.45) is 2.05. The Morgan fingerprint density at radius 3 is 2.33 bits per heavy atom. The van der Waals surface area contributed by atoms with Crippen LogP contribution in [0.2, 0.25) is 5.02 Å². The average Bonchev–Trinajstić information content (AvgIpc) is 2.65. The average molecular weight is 397 g/mol. The van der Waals surface area contributed by atoms with Gasteiger partial charge in [0.05, 0.1) is 18.3 Å². The zero-order chi connectivity index (χ0) is 20.4. The lowest BCUT2D eigenvalue weighted by atomic mass is 10.1. The van der Waals surface area contributed by atoms with Crippen LogP contribution in [0.3, 0.4) is 0 Å². The Labute approximate surface area is 165 Å². The first-order valence-corrected chi connectivity index (χ1v) is 9.44. The molecule has 0 radical (unpaired) electrons. The molecule has 0 amide bonds. The molecule has 6 nitrogen and oxygen atoms in total. The van der Waals surface area contributed by atoms with Crippen LogP contribution in [0.1, 0.15) is 46.6 Å². The van der Waals surface area contributed by atoms with E-state index in [-0.39, 0.29) is 29.5 Å². The number of ether oxygens (including phenoxy) is 2. The van der Waals surface area contributed by atoms with Crippen molar-refractivity contribution in [2.45, 2.75) is 53.2 Å². The van der Waals surface area contributed by atoms with E-state index in [4.69, 9.17) is 26.2 Å². The summed E-state index contributed by atoms with van der Waals surface area (Å²) in [5, 5.41) is 12.9. The molecule has 0 saturated heterocycles. The van der Waals surface area contributed by atoms with Gasteiger partial charge >= 0.3 is 0 Å². The van der Waals surface area contributed by atoms with Gasteiger partial charge in [-0.1, -0.05) is 37.6 Å². The highest BCUT2D eigenvalue weighted by molar-refractivity contribution is 6.31. The van der Waals surface area contributed by atoms with Gasteiger partial charge in [0.2, 0.25) is 0 Å². The number of rotatable bonds is 7. The molecule has 1 aromatic heterocycles. The molecule has 1 N–H and O–H groups in total. The molecule has 1 heterocycles. The van der Waals surface area contributed by atoms with Crippen LogP contribution in [-0.4, -0.2) is 28.1 Å². The maximum atomic E-state index is 12.3. The third-order valence-electron chi connectivity index (χ3n) is 3.41. The van der Waals surface area contributed by atoms with Crippen molar-refractivity contribution in [1.82, 2.24) is 9.78 Å². The van der Waals surface area contributed by atoms with Crippen molar-refractivity contribution in [2.75, 3.05) is 13.2 Å². The summed E-state index contributed by atoms with van der Waals surface area (Å²) in [5.74, 6) is 0.986. The van der Waals surface area contributed by atoms with Crippen LogP contribution in [0.5, 0.6) is 11.5 Å². The van der Waals surface area contributed by atoms with E-state index in [1.165, 1.54) is 10.9 Å². The van der Waals surface area contributed by atoms with Crippen LogP contribution in [0, 0.1) is 0 Å². The summed E-state index contributed by atoms with van der Waals surface area (Å²) >= 11 is 6.13. The Morgan fingerprint density at radius 2 is 1.78 bits per heavy atom. The quantitative estimate of drug-likeness (QED) is 0.715. The summed E-state index contributed by atoms with van der Waals surface area (Å²) in [7, 11) is 0. The first kappa shape index (κ1) is 23.0. The first-order chi connectivity index (χ1) is 12.8. The van der Waals surface area contributed by atoms with Gasteiger partial charge < -0.3 is 14.6 Å². The molecular formula is C20H29ClN2O4. The topological polar surface area (TPSA) is 73.6 Å². The minimum Gasteiger partial charge on any atom is -0.494 e. The number of aromatic nitrogens is 2. The molecule has 2 rings (SSSR count). The maximum absolute atomic E-state index is 12.3. The molecule has 0 aliphatic rings. The van der Waals surface area contributed by atoms with Crippen molar-refractivity contribution in [3.05, 3.63) is 51.4 Å². The predicted molar refractivity (Wildman–Crippen MR) is 108 cm³/mol. The number of hydrogen-bond donors (Lipinski definition) is 1. The Bertz CT molecular complexity index is 752. The van der Waals surface area contributed by atoms with Gasteiger partial charge in [0, 0.05) is 13.0 Å². The molecule has 0 fully saturated rings. The largest absolute Gasteiger partial charge is 0.494 e. The van der Waals surface area contributed by atoms with E-state index in [1.54, 1.807) is 0 Å². The van der Waals surface area contributed by atoms with Crippen molar-refractivity contribution >= 4 is 11.6 Å². The Morgan fingerprint density at radius 1 is 1.15 bits per heavy atom. The van der Waals surface area contributed by atoms with E-state index in [0.717, 1.165) is 11.3 Å². The fourth-order valence-corrected chi connectivity index (χ4v) is 2.28. The Balaban J connectivity index is 0.00000176. The highest BCUT2D eigenvalue weighted by atomic mass is 35.5. The molecule has 1 aromatic carbocycles. The second-order valence-electron chi connectivity index (χ2n) is 6.57. The van der Waals surface area contributed by atoms with E-state index in [2.05, 4.69) is 5.10 Å². The van der Waals surface area contributed by atoms with Gasteiger partial charge in [0.1, 0.15) is 12.4 Å². The van der Waals surface area contributed by atoms with E-state index in [1.807, 2.05) is 58.9 Å². The van der Waals surface area contributed by atoms with Crippen LogP contribution in [0.15, 0.2) is 35.3 Å². The first-order valence-electron chi connectivity index (χ1n) is 9.06. The van der Waals surface area contributed by atoms with Gasteiger partial charge in [0.15, 0.2) is 10.8 Å². The lowest BCUT2D eigenvalue weighted by Crippen LogP contribution is -2.36. The summed E-state index contributed by atoms with van der Waals surface area (Å²) in [5.41, 5.74) is 0.0790. The predicted octanol–water partition coefficient (Wildman–Crippen LogP) is 4.02. The third kappa shape index (κ3) is 6.88. The fraction of sp³-hybridized carbons (Fsp3) is 0.500. The van der Waals surface area contributed by atoms with E-state index >= 15 is 0 Å². The van der Waals surface area contributed by atoms with E-state index in [9.17, 15) is 4.79 Å². The van der Waals surface area contributed by atoms with Gasteiger partial charge in [-0.15, -0.1) is 0 Å². The maximum Gasteiger partial charge on any atom is 0.289 e. The minimum atomic E-state index is -0.453. The molecular weight excluding hydrogens is 368 g/mol. The zero-order valence-electron chi connectivity index (χ0n) is 16.7. The molecule has 2 aromatic rings. The summed E-state index contributed by atoms with van der Waals surface area (Å²) in [6, 6.07) is 7.39. The summed E-state index contributed by atoms with van der Waals surface area (Å²) < 4.78 is 12.4. The molecule has 150 valence electrons. The van der Waals surface area contributed by atoms with Gasteiger partial charge in [-0.05, 0) is 38.5 Å². The van der Waals surface area contributed by atoms with Crippen molar-refractivity contribution in [2.24, 2.45) is 0 Å². The third-order valence-corrected chi connectivity index (χ3v) is 3.76. The summed E-state index contributed by atoms with van der Waals surface area (Å²) in [6.45, 7) is 10.5. The molecule has 7 heteroatoms. The fourth-order valence-electron chi connectivity index (χ4n) is 2.09. The van der Waals surface area contributed by atoms with E-state index < -0.39 is 5.54 Å².